The number of amides is 1. The minimum atomic E-state index is 0. The molecular weight excluding hydrogens is 317 g/mol. The van der Waals surface area contributed by atoms with Crippen LogP contribution in [0.3, 0.4) is 0 Å². The lowest BCUT2D eigenvalue weighted by molar-refractivity contribution is -0.137. The lowest BCUT2D eigenvalue weighted by atomic mass is 9.84. The highest BCUT2D eigenvalue weighted by Gasteiger charge is 2.49. The molecular formula is C13H21Cl2N3OS. The van der Waals surface area contributed by atoms with Gasteiger partial charge < -0.3 is 10.6 Å². The summed E-state index contributed by atoms with van der Waals surface area (Å²) in [5, 5.41) is 1.99. The van der Waals surface area contributed by atoms with Crippen molar-refractivity contribution in [1.82, 2.24) is 9.88 Å². The molecule has 4 unspecified atom stereocenters. The molecule has 114 valence electrons. The van der Waals surface area contributed by atoms with Gasteiger partial charge in [-0.05, 0) is 31.1 Å². The second-order valence-corrected chi connectivity index (χ2v) is 6.33. The van der Waals surface area contributed by atoms with Crippen molar-refractivity contribution >= 4 is 42.1 Å². The normalized spacial score (nSPS) is 30.5. The van der Waals surface area contributed by atoms with Crippen molar-refractivity contribution in [2.45, 2.75) is 31.8 Å². The predicted octanol–water partition coefficient (Wildman–Crippen LogP) is 2.32. The van der Waals surface area contributed by atoms with E-state index in [2.05, 4.69) is 4.98 Å². The fraction of sp³-hybridized carbons (Fsp3) is 0.692. The highest BCUT2D eigenvalue weighted by atomic mass is 35.5. The van der Waals surface area contributed by atoms with Crippen LogP contribution in [0.5, 0.6) is 0 Å². The minimum absolute atomic E-state index is 0. The maximum absolute atomic E-state index is 12.5. The molecule has 2 aliphatic carbocycles. The predicted molar refractivity (Wildman–Crippen MR) is 85.4 cm³/mol. The van der Waals surface area contributed by atoms with Crippen LogP contribution in [0.25, 0.3) is 0 Å². The molecule has 2 aliphatic rings. The van der Waals surface area contributed by atoms with Crippen LogP contribution in [0.4, 0.5) is 0 Å². The molecule has 0 radical (unpaired) electrons. The molecule has 0 saturated heterocycles. The molecule has 0 aromatic carbocycles. The second-order valence-electron chi connectivity index (χ2n) is 5.61. The van der Waals surface area contributed by atoms with E-state index in [0.29, 0.717) is 18.4 Å². The van der Waals surface area contributed by atoms with E-state index < -0.39 is 0 Å². The zero-order chi connectivity index (χ0) is 12.7. The van der Waals surface area contributed by atoms with E-state index in [0.717, 1.165) is 12.1 Å². The summed E-state index contributed by atoms with van der Waals surface area (Å²) in [6, 6.07) is 0.0779. The number of fused-ring (bicyclic) bond motifs is 2. The standard InChI is InChI=1S/C13H19N3OS.2ClH/c1-16(5-10-6-18-7-15-10)13(17)11-8-2-3-9(4-8)12(11)14;;/h6-9,11-12H,2-5,14H2,1H3;2*1H. The van der Waals surface area contributed by atoms with Gasteiger partial charge in [-0.15, -0.1) is 36.2 Å². The molecule has 1 aromatic heterocycles. The van der Waals surface area contributed by atoms with E-state index >= 15 is 0 Å². The Bertz CT molecular complexity index is 441. The first-order valence-corrected chi connectivity index (χ1v) is 7.48. The molecule has 1 amide bonds. The third-order valence-corrected chi connectivity index (χ3v) is 5.16. The van der Waals surface area contributed by atoms with Gasteiger partial charge in [-0.2, -0.15) is 0 Å². The zero-order valence-corrected chi connectivity index (χ0v) is 13.8. The molecule has 2 bridgehead atoms. The quantitative estimate of drug-likeness (QED) is 0.920. The van der Waals surface area contributed by atoms with Crippen molar-refractivity contribution in [3.63, 3.8) is 0 Å². The number of halogens is 2. The Morgan fingerprint density at radius 1 is 1.45 bits per heavy atom. The summed E-state index contributed by atoms with van der Waals surface area (Å²) in [4.78, 5) is 18.5. The summed E-state index contributed by atoms with van der Waals surface area (Å²) >= 11 is 1.56. The second kappa shape index (κ2) is 7.07. The van der Waals surface area contributed by atoms with Gasteiger partial charge in [0.25, 0.3) is 0 Å². The molecule has 0 aliphatic heterocycles. The van der Waals surface area contributed by atoms with E-state index in [1.165, 1.54) is 12.8 Å². The summed E-state index contributed by atoms with van der Waals surface area (Å²) in [6.45, 7) is 0.600. The Hall–Kier alpha value is -0.360. The molecule has 0 spiro atoms. The van der Waals surface area contributed by atoms with E-state index in [4.69, 9.17) is 5.73 Å². The largest absolute Gasteiger partial charge is 0.340 e. The Labute approximate surface area is 135 Å². The van der Waals surface area contributed by atoms with Crippen LogP contribution in [0.1, 0.15) is 25.0 Å². The summed E-state index contributed by atoms with van der Waals surface area (Å²) < 4.78 is 0. The van der Waals surface area contributed by atoms with Crippen LogP contribution < -0.4 is 5.73 Å². The third kappa shape index (κ3) is 3.11. The summed E-state index contributed by atoms with van der Waals surface area (Å²) in [5.41, 5.74) is 8.98. The van der Waals surface area contributed by atoms with E-state index in [1.807, 2.05) is 12.4 Å². The molecule has 4 atom stereocenters. The fourth-order valence-electron chi connectivity index (χ4n) is 3.59. The highest BCUT2D eigenvalue weighted by molar-refractivity contribution is 7.07. The zero-order valence-electron chi connectivity index (χ0n) is 11.4. The topological polar surface area (TPSA) is 59.2 Å². The van der Waals surface area contributed by atoms with Gasteiger partial charge in [-0.25, -0.2) is 4.98 Å². The van der Waals surface area contributed by atoms with Crippen molar-refractivity contribution < 1.29 is 4.79 Å². The number of nitrogens with two attached hydrogens (primary N) is 1. The number of nitrogens with zero attached hydrogens (tertiary/aromatic N) is 2. The van der Waals surface area contributed by atoms with E-state index in [1.54, 1.807) is 21.7 Å². The minimum Gasteiger partial charge on any atom is -0.340 e. The Balaban J connectivity index is 0.000001000. The summed E-state index contributed by atoms with van der Waals surface area (Å²) in [6.07, 6.45) is 3.55. The molecule has 7 heteroatoms. The molecule has 1 heterocycles. The van der Waals surface area contributed by atoms with Crippen molar-refractivity contribution in [3.8, 4) is 0 Å². The monoisotopic (exact) mass is 337 g/mol. The van der Waals surface area contributed by atoms with E-state index in [-0.39, 0.29) is 42.7 Å². The molecule has 20 heavy (non-hydrogen) atoms. The van der Waals surface area contributed by atoms with Gasteiger partial charge >= 0.3 is 0 Å². The highest BCUT2D eigenvalue weighted by Crippen LogP contribution is 2.48. The molecule has 2 N–H and O–H groups in total. The van der Waals surface area contributed by atoms with Crippen LogP contribution in [0.15, 0.2) is 10.9 Å². The van der Waals surface area contributed by atoms with Gasteiger partial charge in [-0.1, -0.05) is 0 Å². The Morgan fingerprint density at radius 3 is 2.70 bits per heavy atom. The number of thiazole rings is 1. The van der Waals surface area contributed by atoms with Crippen LogP contribution >= 0.6 is 36.2 Å². The van der Waals surface area contributed by atoms with Gasteiger partial charge in [0.15, 0.2) is 0 Å². The Kier molecular flexibility index (Phi) is 6.25. The molecule has 3 rings (SSSR count). The van der Waals surface area contributed by atoms with Gasteiger partial charge in [-0.3, -0.25) is 4.79 Å². The molecule has 4 nitrogen and oxygen atoms in total. The first-order valence-electron chi connectivity index (χ1n) is 6.54. The fourth-order valence-corrected chi connectivity index (χ4v) is 4.14. The van der Waals surface area contributed by atoms with Crippen molar-refractivity contribution in [2.75, 3.05) is 7.05 Å². The maximum Gasteiger partial charge on any atom is 0.227 e. The first kappa shape index (κ1) is 17.7. The van der Waals surface area contributed by atoms with Gasteiger partial charge in [0.2, 0.25) is 5.91 Å². The smallest absolute Gasteiger partial charge is 0.227 e. The third-order valence-electron chi connectivity index (χ3n) is 4.52. The average molecular weight is 338 g/mol. The van der Waals surface area contributed by atoms with Crippen molar-refractivity contribution in [1.29, 1.82) is 0 Å². The van der Waals surface area contributed by atoms with Crippen molar-refractivity contribution in [3.05, 3.63) is 16.6 Å². The molecule has 1 aromatic rings. The number of hydrogen-bond donors (Lipinski definition) is 1. The molecule has 2 saturated carbocycles. The number of rotatable bonds is 3. The lowest BCUT2D eigenvalue weighted by Crippen LogP contribution is -2.45. The van der Waals surface area contributed by atoms with Crippen molar-refractivity contribution in [2.24, 2.45) is 23.5 Å². The summed E-state index contributed by atoms with van der Waals surface area (Å²) in [7, 11) is 1.86. The maximum atomic E-state index is 12.5. The van der Waals surface area contributed by atoms with Crippen LogP contribution in [-0.2, 0) is 11.3 Å². The van der Waals surface area contributed by atoms with Gasteiger partial charge in [0.1, 0.15) is 0 Å². The van der Waals surface area contributed by atoms with Crippen LogP contribution in [0, 0.1) is 17.8 Å². The van der Waals surface area contributed by atoms with Crippen LogP contribution in [0.2, 0.25) is 0 Å². The molecule has 2 fully saturated rings. The van der Waals surface area contributed by atoms with Gasteiger partial charge in [0, 0.05) is 18.5 Å². The number of hydrogen-bond acceptors (Lipinski definition) is 4. The summed E-state index contributed by atoms with van der Waals surface area (Å²) in [5.74, 6) is 1.36. The number of carbonyl (C=O) groups excluding carboxylic acids is 1. The van der Waals surface area contributed by atoms with Gasteiger partial charge in [0.05, 0.1) is 23.7 Å². The number of carbonyl (C=O) groups is 1. The SMILES string of the molecule is CN(Cc1cscn1)C(=O)C1C2CCC(C2)C1N.Cl.Cl. The Morgan fingerprint density at radius 2 is 2.15 bits per heavy atom. The average Bonchev–Trinajstić information content (AvgIpc) is 3.04. The van der Waals surface area contributed by atoms with Crippen LogP contribution in [-0.4, -0.2) is 28.9 Å². The number of aromatic nitrogens is 1. The first-order chi connectivity index (χ1) is 8.66. The lowest BCUT2D eigenvalue weighted by Gasteiger charge is -2.30. The van der Waals surface area contributed by atoms with E-state index in [9.17, 15) is 4.79 Å².